The number of hydrogen-bond acceptors (Lipinski definition) is 3. The van der Waals surface area contributed by atoms with Crippen molar-refractivity contribution >= 4 is 0 Å². The third-order valence-electron chi connectivity index (χ3n) is 3.15. The van der Waals surface area contributed by atoms with Gasteiger partial charge in [-0.25, -0.2) is 0 Å². The molecule has 1 N–H and O–H groups in total. The van der Waals surface area contributed by atoms with Crippen molar-refractivity contribution in [2.75, 3.05) is 7.11 Å². The van der Waals surface area contributed by atoms with E-state index in [0.29, 0.717) is 6.61 Å². The first-order valence-corrected chi connectivity index (χ1v) is 6.64. The third kappa shape index (κ3) is 3.52. The number of aryl methyl sites for hydroxylation is 1. The molecule has 0 radical (unpaired) electrons. The summed E-state index contributed by atoms with van der Waals surface area (Å²) in [5.41, 5.74) is 2.94. The van der Waals surface area contributed by atoms with E-state index in [-0.39, 0.29) is 0 Å². The fourth-order valence-corrected chi connectivity index (χ4v) is 2.04. The zero-order valence-corrected chi connectivity index (χ0v) is 12.1. The van der Waals surface area contributed by atoms with Crippen molar-refractivity contribution in [3.05, 3.63) is 59.2 Å². The van der Waals surface area contributed by atoms with E-state index in [9.17, 15) is 5.11 Å². The fraction of sp³-hybridized carbons (Fsp3) is 0.294. The van der Waals surface area contributed by atoms with Crippen LogP contribution in [0.3, 0.4) is 0 Å². The average molecular weight is 272 g/mol. The first-order valence-electron chi connectivity index (χ1n) is 6.64. The van der Waals surface area contributed by atoms with Crippen molar-refractivity contribution in [1.82, 2.24) is 0 Å². The molecular formula is C17H20O3. The van der Waals surface area contributed by atoms with Gasteiger partial charge in [0.15, 0.2) is 0 Å². The van der Waals surface area contributed by atoms with Gasteiger partial charge in [-0.15, -0.1) is 0 Å². The molecule has 2 rings (SSSR count). The highest BCUT2D eigenvalue weighted by Crippen LogP contribution is 2.27. The fourth-order valence-electron chi connectivity index (χ4n) is 2.04. The maximum Gasteiger partial charge on any atom is 0.125 e. The summed E-state index contributed by atoms with van der Waals surface area (Å²) >= 11 is 0. The van der Waals surface area contributed by atoms with Gasteiger partial charge >= 0.3 is 0 Å². The predicted octanol–water partition coefficient (Wildman–Crippen LogP) is 3.64. The van der Waals surface area contributed by atoms with Gasteiger partial charge < -0.3 is 14.6 Å². The van der Waals surface area contributed by atoms with Gasteiger partial charge in [0.05, 0.1) is 13.2 Å². The molecule has 106 valence electrons. The molecule has 0 amide bonds. The van der Waals surface area contributed by atoms with Crippen LogP contribution in [0.1, 0.15) is 29.7 Å². The summed E-state index contributed by atoms with van der Waals surface area (Å²) in [6.45, 7) is 4.19. The van der Waals surface area contributed by atoms with Crippen LogP contribution in [0, 0.1) is 6.92 Å². The second-order valence-electron chi connectivity index (χ2n) is 4.86. The Morgan fingerprint density at radius 3 is 2.65 bits per heavy atom. The van der Waals surface area contributed by atoms with Crippen molar-refractivity contribution in [2.24, 2.45) is 0 Å². The Morgan fingerprint density at radius 1 is 1.15 bits per heavy atom. The molecule has 2 aromatic carbocycles. The summed E-state index contributed by atoms with van der Waals surface area (Å²) in [6, 6.07) is 13.6. The molecule has 3 heteroatoms. The Morgan fingerprint density at radius 2 is 1.95 bits per heavy atom. The molecule has 0 aliphatic carbocycles. The van der Waals surface area contributed by atoms with Crippen LogP contribution in [-0.2, 0) is 6.61 Å². The first-order chi connectivity index (χ1) is 9.60. The number of hydrogen-bond donors (Lipinski definition) is 1. The van der Waals surface area contributed by atoms with E-state index in [4.69, 9.17) is 9.47 Å². The average Bonchev–Trinajstić information content (AvgIpc) is 2.45. The summed E-state index contributed by atoms with van der Waals surface area (Å²) in [5, 5.41) is 9.77. The highest BCUT2D eigenvalue weighted by Gasteiger charge is 2.09. The van der Waals surface area contributed by atoms with E-state index in [0.717, 1.165) is 28.2 Å². The number of methoxy groups -OCH3 is 1. The number of aliphatic hydroxyl groups excluding tert-OH is 1. The van der Waals surface area contributed by atoms with Crippen LogP contribution in [0.4, 0.5) is 0 Å². The summed E-state index contributed by atoms with van der Waals surface area (Å²) < 4.78 is 11.0. The lowest BCUT2D eigenvalue weighted by Crippen LogP contribution is -2.01. The van der Waals surface area contributed by atoms with E-state index >= 15 is 0 Å². The van der Waals surface area contributed by atoms with E-state index in [1.165, 1.54) is 0 Å². The lowest BCUT2D eigenvalue weighted by molar-refractivity contribution is 0.190. The number of benzene rings is 2. The topological polar surface area (TPSA) is 38.7 Å². The molecule has 3 nitrogen and oxygen atoms in total. The molecule has 0 spiro atoms. The van der Waals surface area contributed by atoms with Gasteiger partial charge in [0.1, 0.15) is 18.1 Å². The maximum atomic E-state index is 9.77. The first kappa shape index (κ1) is 14.4. The normalized spacial score (nSPS) is 12.0. The molecule has 1 unspecified atom stereocenters. The Hall–Kier alpha value is -2.00. The standard InChI is InChI=1S/C17H20O3/c1-12-7-8-16(13(2)18)17(9-12)20-11-14-5-4-6-15(10-14)19-3/h4-10,13,18H,11H2,1-3H3. The SMILES string of the molecule is COc1cccc(COc2cc(C)ccc2C(C)O)c1. The maximum absolute atomic E-state index is 9.77. The molecule has 0 fully saturated rings. The number of aliphatic hydroxyl groups is 1. The van der Waals surface area contributed by atoms with E-state index in [1.807, 2.05) is 49.4 Å². The molecule has 1 atom stereocenters. The van der Waals surface area contributed by atoms with Crippen molar-refractivity contribution in [3.63, 3.8) is 0 Å². The Labute approximate surface area is 119 Å². The monoisotopic (exact) mass is 272 g/mol. The number of rotatable bonds is 5. The molecule has 0 saturated carbocycles. The zero-order valence-electron chi connectivity index (χ0n) is 12.1. The van der Waals surface area contributed by atoms with Crippen molar-refractivity contribution < 1.29 is 14.6 Å². The lowest BCUT2D eigenvalue weighted by Gasteiger charge is -2.14. The highest BCUT2D eigenvalue weighted by atomic mass is 16.5. The van der Waals surface area contributed by atoms with Crippen LogP contribution in [0.5, 0.6) is 11.5 Å². The Balaban J connectivity index is 2.15. The predicted molar refractivity (Wildman–Crippen MR) is 79.1 cm³/mol. The Kier molecular flexibility index (Phi) is 4.64. The van der Waals surface area contributed by atoms with E-state index < -0.39 is 6.10 Å². The second-order valence-corrected chi connectivity index (χ2v) is 4.86. The van der Waals surface area contributed by atoms with Crippen LogP contribution in [0.2, 0.25) is 0 Å². The quantitative estimate of drug-likeness (QED) is 0.903. The van der Waals surface area contributed by atoms with Crippen LogP contribution in [0.25, 0.3) is 0 Å². The highest BCUT2D eigenvalue weighted by molar-refractivity contribution is 5.38. The second kappa shape index (κ2) is 6.44. The largest absolute Gasteiger partial charge is 0.497 e. The van der Waals surface area contributed by atoms with E-state index in [1.54, 1.807) is 14.0 Å². The molecule has 0 saturated heterocycles. The minimum Gasteiger partial charge on any atom is -0.497 e. The molecule has 0 heterocycles. The van der Waals surface area contributed by atoms with Crippen LogP contribution in [-0.4, -0.2) is 12.2 Å². The van der Waals surface area contributed by atoms with Gasteiger partial charge in [-0.05, 0) is 43.2 Å². The lowest BCUT2D eigenvalue weighted by atomic mass is 10.1. The molecule has 0 aliphatic rings. The van der Waals surface area contributed by atoms with Gasteiger partial charge in [-0.2, -0.15) is 0 Å². The summed E-state index contributed by atoms with van der Waals surface area (Å²) in [5.74, 6) is 1.54. The molecule has 0 aromatic heterocycles. The van der Waals surface area contributed by atoms with Crippen LogP contribution >= 0.6 is 0 Å². The molecule has 0 bridgehead atoms. The Bertz CT molecular complexity index is 576. The summed E-state index contributed by atoms with van der Waals surface area (Å²) in [7, 11) is 1.64. The minimum absolute atomic E-state index is 0.445. The third-order valence-corrected chi connectivity index (χ3v) is 3.15. The van der Waals surface area contributed by atoms with Crippen LogP contribution in [0.15, 0.2) is 42.5 Å². The van der Waals surface area contributed by atoms with Crippen molar-refractivity contribution in [2.45, 2.75) is 26.6 Å². The van der Waals surface area contributed by atoms with Gasteiger partial charge in [0, 0.05) is 5.56 Å². The van der Waals surface area contributed by atoms with Gasteiger partial charge in [0.25, 0.3) is 0 Å². The van der Waals surface area contributed by atoms with E-state index in [2.05, 4.69) is 0 Å². The molecular weight excluding hydrogens is 252 g/mol. The zero-order chi connectivity index (χ0) is 14.5. The minimum atomic E-state index is -0.545. The molecule has 20 heavy (non-hydrogen) atoms. The smallest absolute Gasteiger partial charge is 0.125 e. The number of ether oxygens (including phenoxy) is 2. The molecule has 0 aliphatic heterocycles. The van der Waals surface area contributed by atoms with Gasteiger partial charge in [-0.1, -0.05) is 24.3 Å². The van der Waals surface area contributed by atoms with Crippen LogP contribution < -0.4 is 9.47 Å². The van der Waals surface area contributed by atoms with Gasteiger partial charge in [0.2, 0.25) is 0 Å². The summed E-state index contributed by atoms with van der Waals surface area (Å²) in [4.78, 5) is 0. The van der Waals surface area contributed by atoms with Gasteiger partial charge in [-0.3, -0.25) is 0 Å². The van der Waals surface area contributed by atoms with Crippen molar-refractivity contribution in [1.29, 1.82) is 0 Å². The van der Waals surface area contributed by atoms with Crippen molar-refractivity contribution in [3.8, 4) is 11.5 Å². The molecule has 2 aromatic rings. The summed E-state index contributed by atoms with van der Waals surface area (Å²) in [6.07, 6.45) is -0.545.